The molecule has 172 valence electrons. The minimum absolute atomic E-state index is 0.0192. The Hall–Kier alpha value is -0.690. The number of hydrogen-bond donors (Lipinski definition) is 3. The largest absolute Gasteiger partial charge is 0.341 e. The van der Waals surface area contributed by atoms with Crippen molar-refractivity contribution in [1.29, 1.82) is 0 Å². The van der Waals surface area contributed by atoms with Crippen LogP contribution in [0.5, 0.6) is 0 Å². The Bertz CT molecular complexity index is 550. The summed E-state index contributed by atoms with van der Waals surface area (Å²) >= 11 is 0. The van der Waals surface area contributed by atoms with Gasteiger partial charge in [0.15, 0.2) is 0 Å². The lowest BCUT2D eigenvalue weighted by Crippen LogP contribution is -2.61. The van der Waals surface area contributed by atoms with Gasteiger partial charge in [-0.1, -0.05) is 19.8 Å². The summed E-state index contributed by atoms with van der Waals surface area (Å²) in [6, 6.07) is 0.965. The number of nitrogens with two attached hydrogens (primary N) is 1. The summed E-state index contributed by atoms with van der Waals surface area (Å²) in [5, 5.41) is 7.16. The van der Waals surface area contributed by atoms with Crippen molar-refractivity contribution in [3.8, 4) is 0 Å². The van der Waals surface area contributed by atoms with Gasteiger partial charge in [0.25, 0.3) is 0 Å². The number of hydrogen-bond acceptors (Lipinski definition) is 5. The van der Waals surface area contributed by atoms with Crippen LogP contribution in [0.15, 0.2) is 0 Å². The molecule has 0 bridgehead atoms. The maximum absolute atomic E-state index is 13.2. The van der Waals surface area contributed by atoms with Crippen LogP contribution >= 0.6 is 0 Å². The topological polar surface area (TPSA) is 73.6 Å². The Labute approximate surface area is 183 Å². The van der Waals surface area contributed by atoms with Gasteiger partial charge < -0.3 is 26.2 Å². The summed E-state index contributed by atoms with van der Waals surface area (Å²) in [5.74, 6) is 0.955. The van der Waals surface area contributed by atoms with E-state index in [0.717, 1.165) is 58.4 Å². The summed E-state index contributed by atoms with van der Waals surface area (Å²) in [6.45, 7) is 9.68. The molecule has 4 fully saturated rings. The molecule has 0 aromatic rings. The number of unbranched alkanes of at least 4 members (excludes halogenated alkanes) is 1. The highest BCUT2D eigenvalue weighted by atomic mass is 16.2. The lowest BCUT2D eigenvalue weighted by atomic mass is 9.61. The number of carbonyl (C=O) groups is 1. The summed E-state index contributed by atoms with van der Waals surface area (Å²) in [5.41, 5.74) is 6.94. The molecule has 3 unspecified atom stereocenters. The lowest BCUT2D eigenvalue weighted by molar-refractivity contribution is -0.136. The van der Waals surface area contributed by atoms with E-state index in [0.29, 0.717) is 17.9 Å². The molecular formula is C24H45N5O. The number of likely N-dealkylation sites (tertiary alicyclic amines) is 2. The molecule has 4 heterocycles. The van der Waals surface area contributed by atoms with Crippen molar-refractivity contribution in [2.45, 2.75) is 89.3 Å². The Morgan fingerprint density at radius 1 is 1.07 bits per heavy atom. The second-order valence-electron chi connectivity index (χ2n) is 10.4. The van der Waals surface area contributed by atoms with E-state index in [4.69, 9.17) is 5.73 Å². The fraction of sp³-hybridized carbons (Fsp3) is 0.958. The van der Waals surface area contributed by atoms with Crippen LogP contribution in [0.25, 0.3) is 0 Å². The first-order chi connectivity index (χ1) is 14.6. The van der Waals surface area contributed by atoms with Gasteiger partial charge in [-0.2, -0.15) is 0 Å². The third-order valence-corrected chi connectivity index (χ3v) is 8.82. The highest BCUT2D eigenvalue weighted by Crippen LogP contribution is 2.44. The van der Waals surface area contributed by atoms with Crippen molar-refractivity contribution < 1.29 is 4.79 Å². The van der Waals surface area contributed by atoms with Gasteiger partial charge in [-0.25, -0.2) is 0 Å². The predicted octanol–water partition coefficient (Wildman–Crippen LogP) is 1.94. The fourth-order valence-corrected chi connectivity index (χ4v) is 6.83. The highest BCUT2D eigenvalue weighted by Gasteiger charge is 2.46. The van der Waals surface area contributed by atoms with Crippen molar-refractivity contribution in [3.63, 3.8) is 0 Å². The zero-order valence-corrected chi connectivity index (χ0v) is 19.2. The molecule has 0 saturated carbocycles. The number of nitrogens with zero attached hydrogens (tertiary/aromatic N) is 2. The monoisotopic (exact) mass is 419 g/mol. The average molecular weight is 420 g/mol. The quantitative estimate of drug-likeness (QED) is 0.614. The molecule has 0 aromatic heterocycles. The van der Waals surface area contributed by atoms with Crippen molar-refractivity contribution in [2.75, 3.05) is 45.8 Å². The van der Waals surface area contributed by atoms with E-state index in [-0.39, 0.29) is 17.5 Å². The van der Waals surface area contributed by atoms with Crippen LogP contribution in [0.4, 0.5) is 0 Å². The van der Waals surface area contributed by atoms with E-state index in [1.54, 1.807) is 0 Å². The molecule has 0 aliphatic carbocycles. The van der Waals surface area contributed by atoms with E-state index >= 15 is 0 Å². The van der Waals surface area contributed by atoms with E-state index in [1.807, 2.05) is 0 Å². The Kier molecular flexibility index (Phi) is 7.71. The number of carbonyl (C=O) groups excluding carboxylic acids is 1. The molecule has 4 atom stereocenters. The predicted molar refractivity (Wildman–Crippen MR) is 122 cm³/mol. The van der Waals surface area contributed by atoms with Crippen LogP contribution in [-0.4, -0.2) is 79.6 Å². The van der Waals surface area contributed by atoms with E-state index in [2.05, 4.69) is 27.4 Å². The number of rotatable bonds is 6. The van der Waals surface area contributed by atoms with Crippen LogP contribution < -0.4 is 16.4 Å². The van der Waals surface area contributed by atoms with E-state index < -0.39 is 0 Å². The van der Waals surface area contributed by atoms with Gasteiger partial charge in [0.2, 0.25) is 5.91 Å². The average Bonchev–Trinajstić information content (AvgIpc) is 3.34. The maximum atomic E-state index is 13.2. The first kappa shape index (κ1) is 22.5. The van der Waals surface area contributed by atoms with Crippen LogP contribution in [0.2, 0.25) is 0 Å². The number of piperidine rings is 3. The molecule has 4 saturated heterocycles. The van der Waals surface area contributed by atoms with Crippen LogP contribution in [-0.2, 0) is 4.79 Å². The van der Waals surface area contributed by atoms with Crippen molar-refractivity contribution in [3.05, 3.63) is 0 Å². The SMILES string of the molecule is CCCCC1(C2CC[C@H](C(=O)N3CCC(N4CCCC4)CC3)NC2)CCNCC1N. The summed E-state index contributed by atoms with van der Waals surface area (Å²) in [6.07, 6.45) is 12.1. The minimum atomic E-state index is 0.0192. The van der Waals surface area contributed by atoms with Gasteiger partial charge in [-0.3, -0.25) is 4.79 Å². The third kappa shape index (κ3) is 4.72. The summed E-state index contributed by atoms with van der Waals surface area (Å²) in [7, 11) is 0. The number of amides is 1. The fourth-order valence-electron chi connectivity index (χ4n) is 6.83. The molecule has 4 aliphatic heterocycles. The molecule has 30 heavy (non-hydrogen) atoms. The maximum Gasteiger partial charge on any atom is 0.239 e. The second kappa shape index (κ2) is 10.3. The first-order valence-corrected chi connectivity index (χ1v) is 12.9. The number of nitrogens with one attached hydrogen (secondary N) is 2. The summed E-state index contributed by atoms with van der Waals surface area (Å²) < 4.78 is 0. The third-order valence-electron chi connectivity index (χ3n) is 8.82. The lowest BCUT2D eigenvalue weighted by Gasteiger charge is -2.51. The Morgan fingerprint density at radius 2 is 1.83 bits per heavy atom. The van der Waals surface area contributed by atoms with Crippen molar-refractivity contribution >= 4 is 5.91 Å². The first-order valence-electron chi connectivity index (χ1n) is 12.9. The zero-order chi connectivity index (χ0) is 21.0. The Morgan fingerprint density at radius 3 is 2.47 bits per heavy atom. The van der Waals surface area contributed by atoms with Gasteiger partial charge in [0.1, 0.15) is 0 Å². The molecule has 6 nitrogen and oxygen atoms in total. The molecule has 6 heteroatoms. The molecule has 1 amide bonds. The second-order valence-corrected chi connectivity index (χ2v) is 10.4. The molecule has 4 aliphatic rings. The van der Waals surface area contributed by atoms with Crippen LogP contribution in [0, 0.1) is 11.3 Å². The molecule has 4 N–H and O–H groups in total. The van der Waals surface area contributed by atoms with Gasteiger partial charge >= 0.3 is 0 Å². The minimum Gasteiger partial charge on any atom is -0.341 e. The Balaban J connectivity index is 1.28. The van der Waals surface area contributed by atoms with Crippen molar-refractivity contribution in [2.24, 2.45) is 17.1 Å². The molecule has 0 spiro atoms. The zero-order valence-electron chi connectivity index (χ0n) is 19.2. The highest BCUT2D eigenvalue weighted by molar-refractivity contribution is 5.82. The normalized spacial score (nSPS) is 36.9. The summed E-state index contributed by atoms with van der Waals surface area (Å²) in [4.78, 5) is 18.0. The smallest absolute Gasteiger partial charge is 0.239 e. The molecule has 0 aromatic carbocycles. The van der Waals surface area contributed by atoms with Gasteiger partial charge in [0, 0.05) is 31.7 Å². The van der Waals surface area contributed by atoms with E-state index in [9.17, 15) is 4.79 Å². The molecule has 0 radical (unpaired) electrons. The molecular weight excluding hydrogens is 374 g/mol. The van der Waals surface area contributed by atoms with Crippen LogP contribution in [0.3, 0.4) is 0 Å². The van der Waals surface area contributed by atoms with E-state index in [1.165, 1.54) is 51.6 Å². The van der Waals surface area contributed by atoms with Gasteiger partial charge in [-0.15, -0.1) is 0 Å². The van der Waals surface area contributed by atoms with Gasteiger partial charge in [0.05, 0.1) is 6.04 Å². The standard InChI is InChI=1S/C24H45N5O/c1-2-3-10-24(11-12-26-18-22(24)25)19-6-7-21(27-17-19)23(30)29-15-8-20(9-16-29)28-13-4-5-14-28/h19-22,26-27H,2-18,25H2,1H3/t19?,21-,22?,24?/m1/s1. The van der Waals surface area contributed by atoms with Crippen molar-refractivity contribution in [1.82, 2.24) is 20.4 Å². The van der Waals surface area contributed by atoms with Crippen LogP contribution in [0.1, 0.15) is 71.1 Å². The molecule has 4 rings (SSSR count). The van der Waals surface area contributed by atoms with Gasteiger partial charge in [-0.05, 0) is 88.9 Å².